The van der Waals surface area contributed by atoms with E-state index < -0.39 is 11.9 Å². The minimum atomic E-state index is -4.47. The quantitative estimate of drug-likeness (QED) is 0.896. The molecule has 1 heterocycles. The van der Waals surface area contributed by atoms with E-state index in [1.165, 1.54) is 7.05 Å². The molecular formula is C10H15F3N4S. The van der Waals surface area contributed by atoms with Crippen molar-refractivity contribution in [2.24, 2.45) is 0 Å². The number of hydrogen-bond donors (Lipinski definition) is 1. The predicted molar refractivity (Wildman–Crippen MR) is 68.2 cm³/mol. The van der Waals surface area contributed by atoms with E-state index in [2.05, 4.69) is 15.3 Å². The van der Waals surface area contributed by atoms with Crippen molar-refractivity contribution in [1.29, 1.82) is 0 Å². The zero-order valence-corrected chi connectivity index (χ0v) is 11.2. The maximum Gasteiger partial charge on any atom is 0.433 e. The molecule has 0 aliphatic carbocycles. The molecule has 0 bridgehead atoms. The van der Waals surface area contributed by atoms with Crippen LogP contribution in [0.15, 0.2) is 6.07 Å². The maximum atomic E-state index is 12.7. The molecule has 0 amide bonds. The van der Waals surface area contributed by atoms with E-state index in [1.807, 2.05) is 6.26 Å². The molecule has 0 saturated carbocycles. The molecule has 0 spiro atoms. The summed E-state index contributed by atoms with van der Waals surface area (Å²) in [6.07, 6.45) is -2.53. The van der Waals surface area contributed by atoms with Gasteiger partial charge in [0.25, 0.3) is 0 Å². The third kappa shape index (κ3) is 3.94. The van der Waals surface area contributed by atoms with Gasteiger partial charge in [-0.2, -0.15) is 29.9 Å². The van der Waals surface area contributed by atoms with E-state index in [0.29, 0.717) is 6.54 Å². The minimum absolute atomic E-state index is 0.0316. The first kappa shape index (κ1) is 14.9. The Morgan fingerprint density at radius 2 is 2.06 bits per heavy atom. The predicted octanol–water partition coefficient (Wildman–Crippen LogP) is 2.34. The molecule has 18 heavy (non-hydrogen) atoms. The van der Waals surface area contributed by atoms with Crippen LogP contribution in [0.4, 0.5) is 24.9 Å². The first-order valence-corrected chi connectivity index (χ1v) is 6.62. The molecule has 0 fully saturated rings. The van der Waals surface area contributed by atoms with Crippen LogP contribution in [0.2, 0.25) is 0 Å². The van der Waals surface area contributed by atoms with Crippen LogP contribution in [0.5, 0.6) is 0 Å². The fourth-order valence-electron chi connectivity index (χ4n) is 1.23. The zero-order valence-electron chi connectivity index (χ0n) is 10.4. The Labute approximate surface area is 108 Å². The molecule has 0 aromatic carbocycles. The highest BCUT2D eigenvalue weighted by molar-refractivity contribution is 7.98. The smallest absolute Gasteiger partial charge is 0.359 e. The molecule has 0 aliphatic heterocycles. The lowest BCUT2D eigenvalue weighted by Gasteiger charge is -2.19. The molecule has 4 nitrogen and oxygen atoms in total. The lowest BCUT2D eigenvalue weighted by molar-refractivity contribution is -0.141. The van der Waals surface area contributed by atoms with E-state index in [-0.39, 0.29) is 11.8 Å². The van der Waals surface area contributed by atoms with E-state index >= 15 is 0 Å². The van der Waals surface area contributed by atoms with Crippen LogP contribution >= 0.6 is 11.8 Å². The summed E-state index contributed by atoms with van der Waals surface area (Å²) < 4.78 is 38.0. The van der Waals surface area contributed by atoms with Crippen molar-refractivity contribution in [1.82, 2.24) is 9.97 Å². The topological polar surface area (TPSA) is 41.1 Å². The average molecular weight is 280 g/mol. The second-order valence-corrected chi connectivity index (χ2v) is 4.58. The molecule has 1 aromatic rings. The number of anilines is 2. The Balaban J connectivity index is 3.04. The standard InChI is InChI=1S/C10H15F3N4S/c1-14-9-15-7(10(11,12)13)6-8(16-9)17(2)4-5-18-3/h6H,4-5H2,1-3H3,(H,14,15,16). The molecule has 8 heteroatoms. The molecule has 0 aliphatic rings. The van der Waals surface area contributed by atoms with Gasteiger partial charge in [0, 0.05) is 32.5 Å². The Morgan fingerprint density at radius 3 is 2.56 bits per heavy atom. The van der Waals surface area contributed by atoms with Crippen LogP contribution in [0.3, 0.4) is 0 Å². The van der Waals surface area contributed by atoms with Crippen molar-refractivity contribution in [3.05, 3.63) is 11.8 Å². The van der Waals surface area contributed by atoms with Gasteiger partial charge in [-0.3, -0.25) is 0 Å². The second-order valence-electron chi connectivity index (χ2n) is 3.60. The molecule has 0 radical (unpaired) electrons. The minimum Gasteiger partial charge on any atom is -0.359 e. The van der Waals surface area contributed by atoms with Gasteiger partial charge in [-0.05, 0) is 6.26 Å². The Hall–Kier alpha value is -1.18. The first-order chi connectivity index (χ1) is 8.38. The number of rotatable bonds is 5. The van der Waals surface area contributed by atoms with Crippen LogP contribution in [-0.4, -0.2) is 42.6 Å². The molecule has 1 N–H and O–H groups in total. The van der Waals surface area contributed by atoms with Crippen molar-refractivity contribution in [3.63, 3.8) is 0 Å². The van der Waals surface area contributed by atoms with E-state index in [9.17, 15) is 13.2 Å². The Kier molecular flexibility index (Phi) is 5.06. The summed E-state index contributed by atoms with van der Waals surface area (Å²) in [6.45, 7) is 0.624. The molecule has 0 saturated heterocycles. The fraction of sp³-hybridized carbons (Fsp3) is 0.600. The molecule has 0 atom stereocenters. The Bertz CT molecular complexity index is 397. The second kappa shape index (κ2) is 6.12. The zero-order chi connectivity index (χ0) is 13.8. The van der Waals surface area contributed by atoms with Crippen LogP contribution in [0.1, 0.15) is 5.69 Å². The van der Waals surface area contributed by atoms with Crippen LogP contribution in [-0.2, 0) is 6.18 Å². The van der Waals surface area contributed by atoms with Gasteiger partial charge in [0.05, 0.1) is 0 Å². The maximum absolute atomic E-state index is 12.7. The molecular weight excluding hydrogens is 265 g/mol. The highest BCUT2D eigenvalue weighted by Crippen LogP contribution is 2.30. The summed E-state index contributed by atoms with van der Waals surface area (Å²) in [4.78, 5) is 9.09. The first-order valence-electron chi connectivity index (χ1n) is 5.22. The van der Waals surface area contributed by atoms with Crippen molar-refractivity contribution in [3.8, 4) is 0 Å². The van der Waals surface area contributed by atoms with Gasteiger partial charge in [0.1, 0.15) is 5.82 Å². The molecule has 1 rings (SSSR count). The number of hydrogen-bond acceptors (Lipinski definition) is 5. The molecule has 0 unspecified atom stereocenters. The van der Waals surface area contributed by atoms with Gasteiger partial charge in [0.15, 0.2) is 5.69 Å². The normalized spacial score (nSPS) is 11.4. The summed E-state index contributed by atoms with van der Waals surface area (Å²) in [6, 6.07) is 0.959. The number of nitrogens with one attached hydrogen (secondary N) is 1. The van der Waals surface area contributed by atoms with Crippen LogP contribution in [0.25, 0.3) is 0 Å². The van der Waals surface area contributed by atoms with Gasteiger partial charge < -0.3 is 10.2 Å². The van der Waals surface area contributed by atoms with Crippen molar-refractivity contribution >= 4 is 23.5 Å². The lowest BCUT2D eigenvalue weighted by atomic mass is 10.3. The number of aromatic nitrogens is 2. The van der Waals surface area contributed by atoms with Gasteiger partial charge in [-0.25, -0.2) is 4.98 Å². The van der Waals surface area contributed by atoms with Crippen LogP contribution < -0.4 is 10.2 Å². The van der Waals surface area contributed by atoms with Crippen LogP contribution in [0, 0.1) is 0 Å². The van der Waals surface area contributed by atoms with Gasteiger partial charge in [0.2, 0.25) is 5.95 Å². The highest BCUT2D eigenvalue weighted by atomic mass is 32.2. The number of thioether (sulfide) groups is 1. The van der Waals surface area contributed by atoms with Crippen molar-refractivity contribution in [2.45, 2.75) is 6.18 Å². The van der Waals surface area contributed by atoms with E-state index in [0.717, 1.165) is 11.8 Å². The fourth-order valence-corrected chi connectivity index (χ4v) is 1.69. The summed E-state index contributed by atoms with van der Waals surface area (Å²) in [5, 5.41) is 2.54. The van der Waals surface area contributed by atoms with E-state index in [1.54, 1.807) is 23.7 Å². The highest BCUT2D eigenvalue weighted by Gasteiger charge is 2.34. The van der Waals surface area contributed by atoms with Crippen molar-refractivity contribution < 1.29 is 13.2 Å². The van der Waals surface area contributed by atoms with E-state index in [4.69, 9.17) is 0 Å². The number of alkyl halides is 3. The molecule has 102 valence electrons. The monoisotopic (exact) mass is 280 g/mol. The van der Waals surface area contributed by atoms with Crippen molar-refractivity contribution in [2.75, 3.05) is 42.9 Å². The largest absolute Gasteiger partial charge is 0.433 e. The van der Waals surface area contributed by atoms with Gasteiger partial charge in [-0.15, -0.1) is 0 Å². The van der Waals surface area contributed by atoms with Gasteiger partial charge in [-0.1, -0.05) is 0 Å². The summed E-state index contributed by atoms with van der Waals surface area (Å²) >= 11 is 1.62. The number of nitrogens with zero attached hydrogens (tertiary/aromatic N) is 3. The SMILES string of the molecule is CNc1nc(N(C)CCSC)cc(C(F)(F)F)n1. The average Bonchev–Trinajstić information content (AvgIpc) is 2.34. The third-order valence-corrected chi connectivity index (χ3v) is 2.84. The third-order valence-electron chi connectivity index (χ3n) is 2.25. The molecule has 1 aromatic heterocycles. The summed E-state index contributed by atoms with van der Waals surface area (Å²) in [5.74, 6) is 1.04. The summed E-state index contributed by atoms with van der Waals surface area (Å²) in [7, 11) is 3.19. The summed E-state index contributed by atoms with van der Waals surface area (Å²) in [5.41, 5.74) is -0.937. The number of halogens is 3. The van der Waals surface area contributed by atoms with Gasteiger partial charge >= 0.3 is 6.18 Å². The Morgan fingerprint density at radius 1 is 1.39 bits per heavy atom. The lowest BCUT2D eigenvalue weighted by Crippen LogP contribution is -2.23.